The highest BCUT2D eigenvalue weighted by Crippen LogP contribution is 2.22. The van der Waals surface area contributed by atoms with Gasteiger partial charge < -0.3 is 15.2 Å². The Labute approximate surface area is 187 Å². The van der Waals surface area contributed by atoms with Gasteiger partial charge >= 0.3 is 0 Å². The standard InChI is InChI=1S/C26H22N2O2S/c1-18-7-11-22(12-8-18)27-26(31)24(25(29)20-9-13-23(30-2)14-10-20)28-16-15-19-5-3-4-6-21(19)17-28/h3-17H,1-2H3,(H-,27,29,31)/p+1. The van der Waals surface area contributed by atoms with Crippen LogP contribution >= 0.6 is 12.2 Å². The van der Waals surface area contributed by atoms with Crippen molar-refractivity contribution in [3.8, 4) is 5.75 Å². The second-order valence-corrected chi connectivity index (χ2v) is 7.64. The number of nitrogens with one attached hydrogen (secondary N) is 1. The van der Waals surface area contributed by atoms with Crippen LogP contribution in [0.3, 0.4) is 0 Å². The van der Waals surface area contributed by atoms with E-state index in [4.69, 9.17) is 17.0 Å². The Morgan fingerprint density at radius 3 is 2.26 bits per heavy atom. The van der Waals surface area contributed by atoms with Crippen molar-refractivity contribution in [2.24, 2.45) is 0 Å². The number of benzene rings is 3. The number of thiocarbonyl (C=S) groups is 1. The molecule has 2 N–H and O–H groups in total. The van der Waals surface area contributed by atoms with Crippen LogP contribution in [0.25, 0.3) is 22.2 Å². The largest absolute Gasteiger partial charge is 0.502 e. The summed E-state index contributed by atoms with van der Waals surface area (Å²) in [4.78, 5) is 0.414. The van der Waals surface area contributed by atoms with Crippen molar-refractivity contribution in [2.45, 2.75) is 6.92 Å². The number of anilines is 1. The smallest absolute Gasteiger partial charge is 0.288 e. The average molecular weight is 428 g/mol. The van der Waals surface area contributed by atoms with E-state index >= 15 is 0 Å². The lowest BCUT2D eigenvalue weighted by Gasteiger charge is -2.11. The molecule has 0 amide bonds. The molecule has 0 saturated carbocycles. The molecule has 0 bridgehead atoms. The predicted molar refractivity (Wildman–Crippen MR) is 130 cm³/mol. The van der Waals surface area contributed by atoms with E-state index in [1.807, 2.05) is 96.7 Å². The van der Waals surface area contributed by atoms with Crippen LogP contribution in [0.4, 0.5) is 5.69 Å². The number of rotatable bonds is 5. The van der Waals surface area contributed by atoms with Gasteiger partial charge in [-0.2, -0.15) is 4.57 Å². The normalized spacial score (nSPS) is 11.7. The molecule has 0 unspecified atom stereocenters. The quantitative estimate of drug-likeness (QED) is 0.184. The minimum absolute atomic E-state index is 0.0764. The van der Waals surface area contributed by atoms with Gasteiger partial charge in [0.05, 0.1) is 7.11 Å². The maximum atomic E-state index is 11.3. The Morgan fingerprint density at radius 1 is 0.903 bits per heavy atom. The van der Waals surface area contributed by atoms with Gasteiger partial charge in [-0.25, -0.2) is 0 Å². The summed E-state index contributed by atoms with van der Waals surface area (Å²) in [5, 5.41) is 16.7. The Hall–Kier alpha value is -3.70. The lowest BCUT2D eigenvalue weighted by molar-refractivity contribution is -0.574. The molecule has 0 fully saturated rings. The van der Waals surface area contributed by atoms with Gasteiger partial charge in [0.25, 0.3) is 5.70 Å². The number of aliphatic hydroxyl groups excluding tert-OH is 1. The highest BCUT2D eigenvalue weighted by atomic mass is 32.1. The molecule has 0 aliphatic rings. The maximum Gasteiger partial charge on any atom is 0.288 e. The number of aryl methyl sites for hydroxylation is 1. The number of hydrogen-bond acceptors (Lipinski definition) is 3. The molecule has 4 rings (SSSR count). The molecule has 4 nitrogen and oxygen atoms in total. The summed E-state index contributed by atoms with van der Waals surface area (Å²) in [6.45, 7) is 2.04. The summed E-state index contributed by atoms with van der Waals surface area (Å²) in [7, 11) is 1.61. The Balaban J connectivity index is 1.81. The number of aromatic nitrogens is 1. The summed E-state index contributed by atoms with van der Waals surface area (Å²) in [6, 6.07) is 25.3. The van der Waals surface area contributed by atoms with E-state index in [1.54, 1.807) is 7.11 Å². The zero-order valence-electron chi connectivity index (χ0n) is 17.4. The van der Waals surface area contributed by atoms with Crippen LogP contribution in [0.2, 0.25) is 0 Å². The molecule has 4 aromatic rings. The van der Waals surface area contributed by atoms with Gasteiger partial charge in [0.15, 0.2) is 23.1 Å². The summed E-state index contributed by atoms with van der Waals surface area (Å²) < 4.78 is 7.09. The number of methoxy groups -OCH3 is 1. The molecule has 3 aromatic carbocycles. The first-order valence-electron chi connectivity index (χ1n) is 9.91. The molecule has 0 radical (unpaired) electrons. The predicted octanol–water partition coefficient (Wildman–Crippen LogP) is 5.77. The Morgan fingerprint density at radius 2 is 1.58 bits per heavy atom. The van der Waals surface area contributed by atoms with Gasteiger partial charge in [0.2, 0.25) is 0 Å². The number of pyridine rings is 1. The van der Waals surface area contributed by atoms with Gasteiger partial charge in [0.1, 0.15) is 5.75 Å². The number of fused-ring (bicyclic) bond motifs is 1. The van der Waals surface area contributed by atoms with Crippen molar-refractivity contribution in [2.75, 3.05) is 12.4 Å². The zero-order chi connectivity index (χ0) is 21.8. The van der Waals surface area contributed by atoms with Gasteiger partial charge in [-0.1, -0.05) is 48.1 Å². The van der Waals surface area contributed by atoms with Crippen molar-refractivity contribution in [1.82, 2.24) is 0 Å². The van der Waals surface area contributed by atoms with E-state index in [0.29, 0.717) is 16.2 Å². The van der Waals surface area contributed by atoms with Gasteiger partial charge in [-0.3, -0.25) is 0 Å². The molecule has 1 heterocycles. The first kappa shape index (κ1) is 20.6. The molecule has 0 aliphatic carbocycles. The summed E-state index contributed by atoms with van der Waals surface area (Å²) in [5.41, 5.74) is 3.16. The van der Waals surface area contributed by atoms with Gasteiger partial charge in [0, 0.05) is 22.7 Å². The summed E-state index contributed by atoms with van der Waals surface area (Å²) in [6.07, 6.45) is 3.87. The van der Waals surface area contributed by atoms with Crippen LogP contribution in [0.15, 0.2) is 91.3 Å². The maximum absolute atomic E-state index is 11.3. The van der Waals surface area contributed by atoms with Crippen molar-refractivity contribution in [1.29, 1.82) is 0 Å². The monoisotopic (exact) mass is 427 g/mol. The van der Waals surface area contributed by atoms with Crippen LogP contribution < -0.4 is 14.6 Å². The molecule has 0 saturated heterocycles. The Kier molecular flexibility index (Phi) is 5.96. The molecule has 0 aliphatic heterocycles. The topological polar surface area (TPSA) is 45.4 Å². The average Bonchev–Trinajstić information content (AvgIpc) is 2.80. The second-order valence-electron chi connectivity index (χ2n) is 7.23. The van der Waals surface area contributed by atoms with Crippen molar-refractivity contribution >= 4 is 45.1 Å². The number of ether oxygens (including phenoxy) is 1. The van der Waals surface area contributed by atoms with Crippen molar-refractivity contribution in [3.63, 3.8) is 0 Å². The summed E-state index contributed by atoms with van der Waals surface area (Å²) in [5.74, 6) is 0.796. The van der Waals surface area contributed by atoms with E-state index in [9.17, 15) is 5.11 Å². The van der Waals surface area contributed by atoms with E-state index in [1.165, 1.54) is 0 Å². The van der Waals surface area contributed by atoms with Crippen LogP contribution in [0.1, 0.15) is 11.1 Å². The third kappa shape index (κ3) is 4.57. The highest BCUT2D eigenvalue weighted by molar-refractivity contribution is 7.81. The number of hydrogen-bond donors (Lipinski definition) is 2. The number of nitrogens with zero attached hydrogens (tertiary/aromatic N) is 1. The molecular formula is C26H23N2O2S+. The van der Waals surface area contributed by atoms with E-state index in [0.717, 1.165) is 27.8 Å². The molecule has 0 spiro atoms. The van der Waals surface area contributed by atoms with Crippen LogP contribution in [-0.2, 0) is 0 Å². The van der Waals surface area contributed by atoms with E-state index in [2.05, 4.69) is 11.4 Å². The van der Waals surface area contributed by atoms with Crippen LogP contribution in [0, 0.1) is 6.92 Å². The fourth-order valence-electron chi connectivity index (χ4n) is 3.33. The third-order valence-corrected chi connectivity index (χ3v) is 5.35. The Bertz CT molecular complexity index is 1260. The second kappa shape index (κ2) is 8.98. The lowest BCUT2D eigenvalue weighted by atomic mass is 10.1. The van der Waals surface area contributed by atoms with Crippen molar-refractivity contribution in [3.05, 3.63) is 102 Å². The van der Waals surface area contributed by atoms with Gasteiger partial charge in [-0.15, -0.1) is 0 Å². The molecule has 31 heavy (non-hydrogen) atoms. The first-order chi connectivity index (χ1) is 15.0. The fraction of sp³-hybridized carbons (Fsp3) is 0.0769. The minimum Gasteiger partial charge on any atom is -0.502 e. The molecule has 0 atom stereocenters. The van der Waals surface area contributed by atoms with E-state index in [-0.39, 0.29) is 5.76 Å². The minimum atomic E-state index is 0.0764. The number of aliphatic hydroxyl groups is 1. The SMILES string of the molecule is COc1ccc(/C(O)=C(/C(=S)Nc2ccc(C)cc2)[n+]2ccc3ccccc3c2)cc1. The molecule has 154 valence electrons. The molecule has 5 heteroatoms. The zero-order valence-corrected chi connectivity index (χ0v) is 18.2. The lowest BCUT2D eigenvalue weighted by Crippen LogP contribution is -2.38. The fourth-order valence-corrected chi connectivity index (χ4v) is 3.65. The van der Waals surface area contributed by atoms with Crippen LogP contribution in [-0.4, -0.2) is 17.2 Å². The molecular weight excluding hydrogens is 404 g/mol. The highest BCUT2D eigenvalue weighted by Gasteiger charge is 2.24. The van der Waals surface area contributed by atoms with E-state index < -0.39 is 0 Å². The van der Waals surface area contributed by atoms with Gasteiger partial charge in [-0.05, 0) is 54.8 Å². The van der Waals surface area contributed by atoms with Crippen molar-refractivity contribution < 1.29 is 14.4 Å². The third-order valence-electron chi connectivity index (χ3n) is 5.06. The molecule has 1 aromatic heterocycles. The summed E-state index contributed by atoms with van der Waals surface area (Å²) >= 11 is 5.75. The van der Waals surface area contributed by atoms with Crippen LogP contribution in [0.5, 0.6) is 5.75 Å². The first-order valence-corrected chi connectivity index (χ1v) is 10.3.